The first-order valence-electron chi connectivity index (χ1n) is 5.77. The zero-order chi connectivity index (χ0) is 11.3. The number of hydrogen-bond acceptors (Lipinski definition) is 1. The van der Waals surface area contributed by atoms with Crippen molar-refractivity contribution in [3.05, 3.63) is 29.1 Å². The van der Waals surface area contributed by atoms with E-state index in [1.807, 2.05) is 13.8 Å². The highest BCUT2D eigenvalue weighted by atomic mass is 19.1. The molecule has 0 fully saturated rings. The Hall–Kier alpha value is -1.05. The molecular weight excluding hydrogens is 191 g/mol. The Morgan fingerprint density at radius 1 is 1.07 bits per heavy atom. The van der Waals surface area contributed by atoms with Gasteiger partial charge in [-0.05, 0) is 42.9 Å². The van der Waals surface area contributed by atoms with Gasteiger partial charge in [-0.1, -0.05) is 20.3 Å². The van der Waals surface area contributed by atoms with Gasteiger partial charge in [0.25, 0.3) is 0 Å². The second kappa shape index (κ2) is 5.74. The molecule has 0 radical (unpaired) electrons. The zero-order valence-corrected chi connectivity index (χ0v) is 9.52. The van der Waals surface area contributed by atoms with E-state index in [4.69, 9.17) is 0 Å². The number of benzene rings is 1. The first kappa shape index (κ1) is 12.0. The van der Waals surface area contributed by atoms with Crippen LogP contribution in [0.2, 0.25) is 0 Å². The minimum absolute atomic E-state index is 0.0538. The molecule has 1 aromatic rings. The van der Waals surface area contributed by atoms with E-state index in [2.05, 4.69) is 0 Å². The van der Waals surface area contributed by atoms with Crippen LogP contribution in [0.5, 0.6) is 5.75 Å². The van der Waals surface area contributed by atoms with E-state index in [0.717, 1.165) is 43.2 Å². The van der Waals surface area contributed by atoms with Crippen molar-refractivity contribution in [2.24, 2.45) is 0 Å². The Labute approximate surface area is 90.9 Å². The summed E-state index contributed by atoms with van der Waals surface area (Å²) in [5.74, 6) is -0.185. The van der Waals surface area contributed by atoms with E-state index < -0.39 is 0 Å². The Morgan fingerprint density at radius 3 is 2.47 bits per heavy atom. The maximum atomic E-state index is 13.4. The summed E-state index contributed by atoms with van der Waals surface area (Å²) < 4.78 is 13.4. The van der Waals surface area contributed by atoms with Gasteiger partial charge in [-0.3, -0.25) is 0 Å². The van der Waals surface area contributed by atoms with Crippen molar-refractivity contribution < 1.29 is 9.50 Å². The third kappa shape index (κ3) is 2.95. The van der Waals surface area contributed by atoms with Gasteiger partial charge in [-0.2, -0.15) is 0 Å². The van der Waals surface area contributed by atoms with Crippen LogP contribution in [0.25, 0.3) is 0 Å². The minimum Gasteiger partial charge on any atom is -0.508 e. The summed E-state index contributed by atoms with van der Waals surface area (Å²) in [5.41, 5.74) is 1.81. The summed E-state index contributed by atoms with van der Waals surface area (Å²) in [6.45, 7) is 4.00. The van der Waals surface area contributed by atoms with Crippen LogP contribution in [0.15, 0.2) is 12.1 Å². The van der Waals surface area contributed by atoms with Crippen molar-refractivity contribution in [1.82, 2.24) is 0 Å². The van der Waals surface area contributed by atoms with Gasteiger partial charge in [0.05, 0.1) is 0 Å². The van der Waals surface area contributed by atoms with Crippen molar-refractivity contribution in [2.75, 3.05) is 0 Å². The summed E-state index contributed by atoms with van der Waals surface area (Å²) in [4.78, 5) is 0. The molecule has 0 unspecified atom stereocenters. The average molecular weight is 210 g/mol. The fourth-order valence-electron chi connectivity index (χ4n) is 1.97. The highest BCUT2D eigenvalue weighted by Crippen LogP contribution is 2.26. The van der Waals surface area contributed by atoms with E-state index in [-0.39, 0.29) is 11.6 Å². The summed E-state index contributed by atoms with van der Waals surface area (Å²) in [6, 6.07) is 2.91. The van der Waals surface area contributed by atoms with Crippen molar-refractivity contribution in [2.45, 2.75) is 46.0 Å². The van der Waals surface area contributed by atoms with Gasteiger partial charge in [0.2, 0.25) is 0 Å². The predicted molar refractivity (Wildman–Crippen MR) is 60.7 cm³/mol. The van der Waals surface area contributed by atoms with E-state index in [1.54, 1.807) is 6.07 Å². The molecule has 0 saturated carbocycles. The SMILES string of the molecule is CC.Oc1cc(F)c2c(c1)CCCCC2. The Bertz CT molecular complexity index is 321. The molecule has 0 bridgehead atoms. The molecule has 1 aliphatic rings. The molecule has 0 amide bonds. The first-order chi connectivity index (χ1) is 7.27. The molecule has 2 heteroatoms. The highest BCUT2D eigenvalue weighted by Gasteiger charge is 2.13. The lowest BCUT2D eigenvalue weighted by Gasteiger charge is -2.06. The predicted octanol–water partition coefficient (Wildman–Crippen LogP) is 3.83. The van der Waals surface area contributed by atoms with Crippen molar-refractivity contribution in [3.8, 4) is 5.75 Å². The third-order valence-electron chi connectivity index (χ3n) is 2.65. The van der Waals surface area contributed by atoms with Crippen LogP contribution >= 0.6 is 0 Å². The average Bonchev–Trinajstić information content (AvgIpc) is 2.46. The normalized spacial score (nSPS) is 14.6. The van der Waals surface area contributed by atoms with E-state index in [1.165, 1.54) is 6.07 Å². The maximum absolute atomic E-state index is 13.4. The number of aryl methyl sites for hydroxylation is 1. The van der Waals surface area contributed by atoms with Gasteiger partial charge in [-0.25, -0.2) is 4.39 Å². The van der Waals surface area contributed by atoms with Crippen molar-refractivity contribution >= 4 is 0 Å². The number of phenolic OH excluding ortho intramolecular Hbond substituents is 1. The maximum Gasteiger partial charge on any atom is 0.130 e. The number of hydrogen-bond donors (Lipinski definition) is 1. The molecule has 15 heavy (non-hydrogen) atoms. The minimum atomic E-state index is -0.239. The summed E-state index contributed by atoms with van der Waals surface area (Å²) >= 11 is 0. The van der Waals surface area contributed by atoms with Crippen LogP contribution in [0.3, 0.4) is 0 Å². The molecule has 1 aliphatic carbocycles. The van der Waals surface area contributed by atoms with E-state index >= 15 is 0 Å². The van der Waals surface area contributed by atoms with E-state index in [9.17, 15) is 9.50 Å². The van der Waals surface area contributed by atoms with Gasteiger partial charge in [0, 0.05) is 6.07 Å². The summed E-state index contributed by atoms with van der Waals surface area (Å²) in [6.07, 6.45) is 5.06. The van der Waals surface area contributed by atoms with Crippen LogP contribution in [0.4, 0.5) is 4.39 Å². The topological polar surface area (TPSA) is 20.2 Å². The van der Waals surface area contributed by atoms with Crippen LogP contribution < -0.4 is 0 Å². The molecule has 0 spiro atoms. The van der Waals surface area contributed by atoms with Gasteiger partial charge in [0.15, 0.2) is 0 Å². The Morgan fingerprint density at radius 2 is 1.73 bits per heavy atom. The lowest BCUT2D eigenvalue weighted by molar-refractivity contribution is 0.466. The number of halogens is 1. The highest BCUT2D eigenvalue weighted by molar-refractivity contribution is 5.37. The first-order valence-corrected chi connectivity index (χ1v) is 5.77. The molecular formula is C13H19FO. The molecule has 84 valence electrons. The summed E-state index contributed by atoms with van der Waals surface area (Å²) in [7, 11) is 0. The van der Waals surface area contributed by atoms with Gasteiger partial charge < -0.3 is 5.11 Å². The molecule has 0 saturated heterocycles. The lowest BCUT2D eigenvalue weighted by atomic mass is 10.0. The Balaban J connectivity index is 0.000000531. The zero-order valence-electron chi connectivity index (χ0n) is 9.52. The molecule has 0 aliphatic heterocycles. The molecule has 0 atom stereocenters. The fourth-order valence-corrected chi connectivity index (χ4v) is 1.97. The molecule has 0 heterocycles. The molecule has 2 rings (SSSR count). The van der Waals surface area contributed by atoms with Crippen LogP contribution in [-0.4, -0.2) is 5.11 Å². The lowest BCUT2D eigenvalue weighted by Crippen LogP contribution is -1.95. The second-order valence-electron chi connectivity index (χ2n) is 3.63. The van der Waals surface area contributed by atoms with Crippen LogP contribution in [-0.2, 0) is 12.8 Å². The van der Waals surface area contributed by atoms with Crippen molar-refractivity contribution in [3.63, 3.8) is 0 Å². The number of rotatable bonds is 0. The third-order valence-corrected chi connectivity index (χ3v) is 2.65. The number of fused-ring (bicyclic) bond motifs is 1. The monoisotopic (exact) mass is 210 g/mol. The van der Waals surface area contributed by atoms with Gasteiger partial charge in [0.1, 0.15) is 11.6 Å². The molecule has 1 N–H and O–H groups in total. The number of phenols is 1. The van der Waals surface area contributed by atoms with Crippen molar-refractivity contribution in [1.29, 1.82) is 0 Å². The summed E-state index contributed by atoms with van der Waals surface area (Å²) in [5, 5.41) is 9.22. The number of aromatic hydroxyl groups is 1. The molecule has 0 aromatic heterocycles. The van der Waals surface area contributed by atoms with Crippen LogP contribution in [0, 0.1) is 5.82 Å². The smallest absolute Gasteiger partial charge is 0.130 e. The molecule has 1 aromatic carbocycles. The second-order valence-corrected chi connectivity index (χ2v) is 3.63. The molecule has 1 nitrogen and oxygen atoms in total. The fraction of sp³-hybridized carbons (Fsp3) is 0.538. The largest absolute Gasteiger partial charge is 0.508 e. The van der Waals surface area contributed by atoms with Crippen LogP contribution in [0.1, 0.15) is 44.2 Å². The van der Waals surface area contributed by atoms with E-state index in [0.29, 0.717) is 0 Å². The Kier molecular flexibility index (Phi) is 4.60. The quantitative estimate of drug-likeness (QED) is 0.645. The van der Waals surface area contributed by atoms with Gasteiger partial charge >= 0.3 is 0 Å². The van der Waals surface area contributed by atoms with Gasteiger partial charge in [-0.15, -0.1) is 0 Å². The standard InChI is InChI=1S/C11H13FO.C2H6/c12-11-7-9(13)6-8-4-2-1-3-5-10(8)11;1-2/h6-7,13H,1-5H2;1-2H3.